The van der Waals surface area contributed by atoms with Crippen molar-refractivity contribution in [2.45, 2.75) is 70.9 Å². The van der Waals surface area contributed by atoms with Gasteiger partial charge in [0.25, 0.3) is 5.56 Å². The second-order valence-electron chi connectivity index (χ2n) is 8.44. The van der Waals surface area contributed by atoms with Gasteiger partial charge in [0.2, 0.25) is 0 Å². The minimum atomic E-state index is -0.808. The van der Waals surface area contributed by atoms with E-state index in [2.05, 4.69) is 0 Å². The summed E-state index contributed by atoms with van der Waals surface area (Å²) in [5.74, 6) is -0.808. The normalized spacial score (nSPS) is 26.3. The summed E-state index contributed by atoms with van der Waals surface area (Å²) in [4.78, 5) is 25.5. The molecule has 1 aromatic heterocycles. The van der Waals surface area contributed by atoms with Crippen LogP contribution in [-0.2, 0) is 37.0 Å². The molecule has 0 bridgehead atoms. The zero-order chi connectivity index (χ0) is 22.7. The first kappa shape index (κ1) is 22.9. The van der Waals surface area contributed by atoms with Gasteiger partial charge in [-0.05, 0) is 25.8 Å². The number of hydrogen-bond acceptors (Lipinski definition) is 7. The van der Waals surface area contributed by atoms with Gasteiger partial charge < -0.3 is 23.7 Å². The van der Waals surface area contributed by atoms with Crippen molar-refractivity contribution in [3.8, 4) is 0 Å². The second kappa shape index (κ2) is 9.68. The molecule has 1 aromatic carbocycles. The Balaban J connectivity index is 1.54. The summed E-state index contributed by atoms with van der Waals surface area (Å²) in [5.41, 5.74) is -0.0224. The summed E-state index contributed by atoms with van der Waals surface area (Å²) in [6.45, 7) is 6.74. The summed E-state index contributed by atoms with van der Waals surface area (Å²) < 4.78 is 31.9. The average Bonchev–Trinajstić information content (AvgIpc) is 3.25. The highest BCUT2D eigenvalue weighted by atomic mass is 16.8. The van der Waals surface area contributed by atoms with Crippen LogP contribution in [-0.4, -0.2) is 46.4 Å². The van der Waals surface area contributed by atoms with E-state index in [0.717, 1.165) is 16.6 Å². The van der Waals surface area contributed by atoms with Crippen LogP contribution in [0.2, 0.25) is 0 Å². The summed E-state index contributed by atoms with van der Waals surface area (Å²) in [5, 5.41) is 0. The highest BCUT2D eigenvalue weighted by molar-refractivity contribution is 5.13. The average molecular weight is 447 g/mol. The first-order valence-electron chi connectivity index (χ1n) is 10.9. The van der Waals surface area contributed by atoms with Gasteiger partial charge in [-0.1, -0.05) is 37.3 Å². The van der Waals surface area contributed by atoms with E-state index in [-0.39, 0.29) is 25.5 Å². The third-order valence-electron chi connectivity index (χ3n) is 5.46. The van der Waals surface area contributed by atoms with Gasteiger partial charge in [-0.2, -0.15) is 0 Å². The molecule has 4 atom stereocenters. The number of aromatic nitrogens is 2. The Bertz CT molecular complexity index is 1020. The zero-order valence-electron chi connectivity index (χ0n) is 18.6. The first-order chi connectivity index (χ1) is 15.4. The summed E-state index contributed by atoms with van der Waals surface area (Å²) in [7, 11) is 0. The van der Waals surface area contributed by atoms with E-state index in [0.29, 0.717) is 13.2 Å². The van der Waals surface area contributed by atoms with Crippen LogP contribution in [0.15, 0.2) is 52.2 Å². The zero-order valence-corrected chi connectivity index (χ0v) is 18.6. The molecule has 3 heterocycles. The van der Waals surface area contributed by atoms with Crippen molar-refractivity contribution in [1.82, 2.24) is 9.13 Å². The number of hydrogen-bond donors (Lipinski definition) is 0. The van der Waals surface area contributed by atoms with E-state index in [9.17, 15) is 9.59 Å². The molecule has 4 rings (SSSR count). The van der Waals surface area contributed by atoms with Gasteiger partial charge in [-0.3, -0.25) is 9.36 Å². The minimum absolute atomic E-state index is 0.167. The third-order valence-corrected chi connectivity index (χ3v) is 5.46. The molecule has 0 saturated carbocycles. The Morgan fingerprint density at radius 1 is 1.03 bits per heavy atom. The summed E-state index contributed by atoms with van der Waals surface area (Å²) in [6.07, 6.45) is 0.304. The maximum atomic E-state index is 13.2. The smallest absolute Gasteiger partial charge is 0.335 e. The SMILES string of the molecule is CCCOC[C@H]1O[C@@H](n2ccc(=O)n(COCc3ccccc3)c2=O)[C@H]2OC(C)(C)OC12. The van der Waals surface area contributed by atoms with Crippen LogP contribution in [0.25, 0.3) is 0 Å². The molecule has 174 valence electrons. The lowest BCUT2D eigenvalue weighted by Gasteiger charge is -2.25. The highest BCUT2D eigenvalue weighted by Crippen LogP contribution is 2.42. The molecule has 2 fully saturated rings. The molecular formula is C23H30N2O7. The fourth-order valence-corrected chi connectivity index (χ4v) is 4.03. The fraction of sp³-hybridized carbons (Fsp3) is 0.565. The van der Waals surface area contributed by atoms with E-state index in [4.69, 9.17) is 23.7 Å². The Morgan fingerprint density at radius 2 is 1.78 bits per heavy atom. The molecule has 0 aliphatic carbocycles. The predicted octanol–water partition coefficient (Wildman–Crippen LogP) is 2.03. The molecule has 2 aliphatic heterocycles. The van der Waals surface area contributed by atoms with E-state index in [1.54, 1.807) is 0 Å². The van der Waals surface area contributed by atoms with E-state index >= 15 is 0 Å². The molecule has 9 nitrogen and oxygen atoms in total. The Labute approximate surface area is 186 Å². The molecule has 32 heavy (non-hydrogen) atoms. The second-order valence-corrected chi connectivity index (χ2v) is 8.44. The Morgan fingerprint density at radius 3 is 2.53 bits per heavy atom. The molecule has 2 saturated heterocycles. The Kier molecular flexibility index (Phi) is 6.92. The van der Waals surface area contributed by atoms with Crippen molar-refractivity contribution < 1.29 is 23.7 Å². The number of nitrogens with zero attached hydrogens (tertiary/aromatic N) is 2. The monoisotopic (exact) mass is 446 g/mol. The summed E-state index contributed by atoms with van der Waals surface area (Å²) >= 11 is 0. The van der Waals surface area contributed by atoms with Gasteiger partial charge in [0.15, 0.2) is 12.0 Å². The molecule has 9 heteroatoms. The van der Waals surface area contributed by atoms with Crippen molar-refractivity contribution >= 4 is 0 Å². The summed E-state index contributed by atoms with van der Waals surface area (Å²) in [6, 6.07) is 10.9. The Hall–Kier alpha value is -2.30. The van der Waals surface area contributed by atoms with Crippen LogP contribution in [0.4, 0.5) is 0 Å². The lowest BCUT2D eigenvalue weighted by Crippen LogP contribution is -2.43. The lowest BCUT2D eigenvalue weighted by molar-refractivity contribution is -0.202. The highest BCUT2D eigenvalue weighted by Gasteiger charge is 2.56. The number of benzene rings is 1. The van der Waals surface area contributed by atoms with Gasteiger partial charge in [0.1, 0.15) is 25.0 Å². The van der Waals surface area contributed by atoms with Crippen LogP contribution < -0.4 is 11.2 Å². The van der Waals surface area contributed by atoms with E-state index < -0.39 is 29.4 Å². The van der Waals surface area contributed by atoms with Crippen molar-refractivity contribution in [3.63, 3.8) is 0 Å². The van der Waals surface area contributed by atoms with Crippen molar-refractivity contribution in [3.05, 3.63) is 69.0 Å². The molecule has 2 aromatic rings. The van der Waals surface area contributed by atoms with Gasteiger partial charge in [-0.25, -0.2) is 9.36 Å². The molecule has 0 N–H and O–H groups in total. The largest absolute Gasteiger partial charge is 0.379 e. The third kappa shape index (κ3) is 4.87. The standard InChI is InChI=1S/C23H30N2O7/c1-4-12-28-14-17-19-20(32-23(2,3)31-19)21(30-17)24-11-10-18(26)25(22(24)27)15-29-13-16-8-6-5-7-9-16/h5-11,17,19-21H,4,12-15H2,1-3H3/t17-,19?,20+,21-/m1/s1. The topological polar surface area (TPSA) is 90.2 Å². The van der Waals surface area contributed by atoms with Crippen LogP contribution in [0.5, 0.6) is 0 Å². The minimum Gasteiger partial charge on any atom is -0.379 e. The van der Waals surface area contributed by atoms with Crippen molar-refractivity contribution in [1.29, 1.82) is 0 Å². The lowest BCUT2D eigenvalue weighted by atomic mass is 10.1. The van der Waals surface area contributed by atoms with E-state index in [1.165, 1.54) is 16.8 Å². The van der Waals surface area contributed by atoms with Gasteiger partial charge in [0.05, 0.1) is 13.2 Å². The van der Waals surface area contributed by atoms with Gasteiger partial charge in [-0.15, -0.1) is 0 Å². The van der Waals surface area contributed by atoms with Crippen LogP contribution >= 0.6 is 0 Å². The molecule has 0 spiro atoms. The van der Waals surface area contributed by atoms with Crippen molar-refractivity contribution in [2.75, 3.05) is 13.2 Å². The van der Waals surface area contributed by atoms with Crippen LogP contribution in [0, 0.1) is 0 Å². The quantitative estimate of drug-likeness (QED) is 0.545. The molecule has 0 amide bonds. The van der Waals surface area contributed by atoms with Gasteiger partial charge in [0, 0.05) is 18.9 Å². The number of fused-ring (bicyclic) bond motifs is 1. The predicted molar refractivity (Wildman–Crippen MR) is 115 cm³/mol. The maximum absolute atomic E-state index is 13.2. The van der Waals surface area contributed by atoms with E-state index in [1.807, 2.05) is 51.1 Å². The molecular weight excluding hydrogens is 416 g/mol. The van der Waals surface area contributed by atoms with Crippen molar-refractivity contribution in [2.24, 2.45) is 0 Å². The maximum Gasteiger partial charge on any atom is 0.335 e. The van der Waals surface area contributed by atoms with Crippen LogP contribution in [0.3, 0.4) is 0 Å². The number of rotatable bonds is 9. The number of ether oxygens (including phenoxy) is 5. The van der Waals surface area contributed by atoms with Crippen LogP contribution in [0.1, 0.15) is 39.0 Å². The molecule has 0 radical (unpaired) electrons. The molecule has 2 aliphatic rings. The fourth-order valence-electron chi connectivity index (χ4n) is 4.03. The first-order valence-corrected chi connectivity index (χ1v) is 10.9. The van der Waals surface area contributed by atoms with Gasteiger partial charge >= 0.3 is 5.69 Å². The molecule has 1 unspecified atom stereocenters.